The number of pyridine rings is 2. The van der Waals surface area contributed by atoms with Gasteiger partial charge in [0, 0.05) is 24.0 Å². The van der Waals surface area contributed by atoms with Crippen LogP contribution in [0.4, 0.5) is 4.39 Å². The predicted molar refractivity (Wildman–Crippen MR) is 112 cm³/mol. The third-order valence-corrected chi connectivity index (χ3v) is 5.54. The standard InChI is InChI=1S/C22H16ClFN4O3/c23-14-8-18-21(26-10-14)28-20(27-18)16-3-1-11(7-17(16)24)12-2-4-19(25-9-12)31-15-5-13(6-15)22(29)30/h1-4,7-10,13,15H,5-6H2,(H,29,30)(H,26,27,28)/t13-,15+. The molecule has 4 aromatic rings. The fraction of sp³-hybridized carbons (Fsp3) is 0.182. The van der Waals surface area contributed by atoms with E-state index in [1.807, 2.05) is 0 Å². The number of fused-ring (bicyclic) bond motifs is 1. The minimum atomic E-state index is -0.795. The Kier molecular flexibility index (Phi) is 4.78. The highest BCUT2D eigenvalue weighted by Crippen LogP contribution is 2.32. The van der Waals surface area contributed by atoms with Gasteiger partial charge in [0.05, 0.1) is 22.0 Å². The van der Waals surface area contributed by atoms with Crippen molar-refractivity contribution in [3.63, 3.8) is 0 Å². The summed E-state index contributed by atoms with van der Waals surface area (Å²) in [5, 5.41) is 9.40. The molecule has 0 saturated heterocycles. The second-order valence-corrected chi connectivity index (χ2v) is 7.87. The van der Waals surface area contributed by atoms with Crippen LogP contribution in [0.1, 0.15) is 12.8 Å². The number of aromatic amines is 1. The van der Waals surface area contributed by atoms with Crippen LogP contribution in [-0.4, -0.2) is 37.1 Å². The number of hydrogen-bond acceptors (Lipinski definition) is 5. The molecule has 156 valence electrons. The number of rotatable bonds is 5. The lowest BCUT2D eigenvalue weighted by Gasteiger charge is -2.31. The first kappa shape index (κ1) is 19.4. The molecular formula is C22H16ClFN4O3. The number of H-pyrrole nitrogens is 1. The van der Waals surface area contributed by atoms with Crippen molar-refractivity contribution in [3.05, 3.63) is 59.6 Å². The van der Waals surface area contributed by atoms with E-state index < -0.39 is 11.8 Å². The van der Waals surface area contributed by atoms with Crippen molar-refractivity contribution in [1.82, 2.24) is 19.9 Å². The van der Waals surface area contributed by atoms with Crippen LogP contribution in [0, 0.1) is 11.7 Å². The summed E-state index contributed by atoms with van der Waals surface area (Å²) in [7, 11) is 0. The van der Waals surface area contributed by atoms with E-state index in [1.165, 1.54) is 12.3 Å². The Hall–Kier alpha value is -3.52. The number of aromatic nitrogens is 4. The largest absolute Gasteiger partial charge is 0.481 e. The monoisotopic (exact) mass is 438 g/mol. The molecule has 1 aliphatic rings. The Morgan fingerprint density at radius 3 is 2.65 bits per heavy atom. The molecule has 0 bridgehead atoms. The number of halogens is 2. The first-order valence-corrected chi connectivity index (χ1v) is 10.0. The molecule has 5 rings (SSSR count). The van der Waals surface area contributed by atoms with Crippen LogP contribution in [0.15, 0.2) is 48.8 Å². The molecule has 7 nitrogen and oxygen atoms in total. The molecule has 2 N–H and O–H groups in total. The van der Waals surface area contributed by atoms with E-state index in [0.717, 1.165) is 5.56 Å². The number of nitrogens with zero attached hydrogens (tertiary/aromatic N) is 3. The molecule has 0 spiro atoms. The zero-order valence-corrected chi connectivity index (χ0v) is 16.8. The zero-order valence-electron chi connectivity index (χ0n) is 16.0. The lowest BCUT2D eigenvalue weighted by molar-refractivity contribution is -0.148. The van der Waals surface area contributed by atoms with Crippen molar-refractivity contribution in [3.8, 4) is 28.4 Å². The maximum Gasteiger partial charge on any atom is 0.306 e. The van der Waals surface area contributed by atoms with Gasteiger partial charge in [-0.1, -0.05) is 17.7 Å². The lowest BCUT2D eigenvalue weighted by Crippen LogP contribution is -2.38. The van der Waals surface area contributed by atoms with Gasteiger partial charge in [0.1, 0.15) is 17.7 Å². The molecule has 9 heteroatoms. The summed E-state index contributed by atoms with van der Waals surface area (Å²) in [5.74, 6) is -0.780. The molecule has 31 heavy (non-hydrogen) atoms. The predicted octanol–water partition coefficient (Wildman–Crippen LogP) is 4.72. The van der Waals surface area contributed by atoms with Gasteiger partial charge in [-0.3, -0.25) is 4.79 Å². The summed E-state index contributed by atoms with van der Waals surface area (Å²) in [4.78, 5) is 26.6. The van der Waals surface area contributed by atoms with E-state index in [4.69, 9.17) is 21.4 Å². The molecule has 1 aromatic carbocycles. The van der Waals surface area contributed by atoms with Gasteiger partial charge in [-0.15, -0.1) is 0 Å². The molecular weight excluding hydrogens is 423 g/mol. The van der Waals surface area contributed by atoms with E-state index in [0.29, 0.717) is 51.9 Å². The first-order valence-electron chi connectivity index (χ1n) is 9.63. The Morgan fingerprint density at radius 2 is 1.94 bits per heavy atom. The van der Waals surface area contributed by atoms with Gasteiger partial charge in [0.2, 0.25) is 5.88 Å². The highest BCUT2D eigenvalue weighted by molar-refractivity contribution is 6.31. The summed E-state index contributed by atoms with van der Waals surface area (Å²) in [6.07, 6.45) is 3.92. The number of ether oxygens (including phenoxy) is 1. The third-order valence-electron chi connectivity index (χ3n) is 5.33. The number of carboxylic acids is 1. The third kappa shape index (κ3) is 3.82. The van der Waals surface area contributed by atoms with Crippen LogP contribution >= 0.6 is 11.6 Å². The molecule has 1 saturated carbocycles. The van der Waals surface area contributed by atoms with Gasteiger partial charge >= 0.3 is 5.97 Å². The summed E-state index contributed by atoms with van der Waals surface area (Å²) in [5.41, 5.74) is 2.81. The van der Waals surface area contributed by atoms with E-state index in [1.54, 1.807) is 36.5 Å². The number of benzene rings is 1. The van der Waals surface area contributed by atoms with Gasteiger partial charge in [0.15, 0.2) is 5.65 Å². The van der Waals surface area contributed by atoms with Crippen molar-refractivity contribution in [1.29, 1.82) is 0 Å². The van der Waals surface area contributed by atoms with Gasteiger partial charge < -0.3 is 14.8 Å². The minimum absolute atomic E-state index is 0.135. The van der Waals surface area contributed by atoms with E-state index in [9.17, 15) is 9.18 Å². The summed E-state index contributed by atoms with van der Waals surface area (Å²) in [6.45, 7) is 0. The molecule has 0 atom stereocenters. The van der Waals surface area contributed by atoms with Crippen LogP contribution in [0.25, 0.3) is 33.7 Å². The topological polar surface area (TPSA) is 101 Å². The Morgan fingerprint density at radius 1 is 1.13 bits per heavy atom. The molecule has 0 aliphatic heterocycles. The van der Waals surface area contributed by atoms with Crippen LogP contribution in [0.3, 0.4) is 0 Å². The van der Waals surface area contributed by atoms with E-state index in [-0.39, 0.29) is 12.0 Å². The van der Waals surface area contributed by atoms with Crippen LogP contribution < -0.4 is 4.74 Å². The summed E-state index contributed by atoms with van der Waals surface area (Å²) < 4.78 is 20.5. The first-order chi connectivity index (χ1) is 15.0. The second kappa shape index (κ2) is 7.63. The van der Waals surface area contributed by atoms with Crippen LogP contribution in [0.5, 0.6) is 5.88 Å². The molecule has 0 radical (unpaired) electrons. The highest BCUT2D eigenvalue weighted by atomic mass is 35.5. The van der Waals surface area contributed by atoms with Crippen LogP contribution in [-0.2, 0) is 4.79 Å². The average Bonchev–Trinajstić information content (AvgIpc) is 3.13. The molecule has 1 fully saturated rings. The summed E-state index contributed by atoms with van der Waals surface area (Å²) >= 11 is 5.94. The Labute approximate surface area is 180 Å². The van der Waals surface area contributed by atoms with Crippen molar-refractivity contribution in [2.45, 2.75) is 18.9 Å². The fourth-order valence-electron chi connectivity index (χ4n) is 3.54. The van der Waals surface area contributed by atoms with Crippen molar-refractivity contribution >= 4 is 28.7 Å². The zero-order chi connectivity index (χ0) is 21.5. The number of carbonyl (C=O) groups is 1. The van der Waals surface area contributed by atoms with E-state index in [2.05, 4.69) is 19.9 Å². The smallest absolute Gasteiger partial charge is 0.306 e. The number of aliphatic carboxylic acids is 1. The molecule has 3 heterocycles. The molecule has 1 aliphatic carbocycles. The maximum atomic E-state index is 14.8. The van der Waals surface area contributed by atoms with Crippen molar-refractivity contribution < 1.29 is 19.0 Å². The number of carboxylic acid groups (broad SMARTS) is 1. The van der Waals surface area contributed by atoms with Gasteiger partial charge in [-0.25, -0.2) is 19.3 Å². The maximum absolute atomic E-state index is 14.8. The highest BCUT2D eigenvalue weighted by Gasteiger charge is 2.36. The average molecular weight is 439 g/mol. The Balaban J connectivity index is 1.33. The second-order valence-electron chi connectivity index (χ2n) is 7.44. The van der Waals surface area contributed by atoms with Crippen molar-refractivity contribution in [2.75, 3.05) is 0 Å². The molecule has 0 unspecified atom stereocenters. The van der Waals surface area contributed by atoms with Gasteiger partial charge in [0.25, 0.3) is 0 Å². The minimum Gasteiger partial charge on any atom is -0.481 e. The lowest BCUT2D eigenvalue weighted by atomic mass is 9.82. The quantitative estimate of drug-likeness (QED) is 0.467. The van der Waals surface area contributed by atoms with Gasteiger partial charge in [-0.2, -0.15) is 0 Å². The normalized spacial score (nSPS) is 18.0. The SMILES string of the molecule is O=C(O)[C@H]1C[C@@H](Oc2ccc(-c3ccc(-c4nc5ncc(Cl)cc5[nH]4)c(F)c3)cn2)C1. The van der Waals surface area contributed by atoms with Crippen LogP contribution in [0.2, 0.25) is 5.02 Å². The van der Waals surface area contributed by atoms with Crippen molar-refractivity contribution in [2.24, 2.45) is 5.92 Å². The summed E-state index contributed by atoms with van der Waals surface area (Å²) in [6, 6.07) is 10.0. The Bertz CT molecular complexity index is 1290. The molecule has 3 aromatic heterocycles. The number of imidazole rings is 1. The van der Waals surface area contributed by atoms with Gasteiger partial charge in [-0.05, 0) is 42.7 Å². The number of hydrogen-bond donors (Lipinski definition) is 2. The molecule has 0 amide bonds. The number of nitrogens with one attached hydrogen (secondary N) is 1. The van der Waals surface area contributed by atoms with E-state index >= 15 is 0 Å². The fourth-order valence-corrected chi connectivity index (χ4v) is 3.70.